The van der Waals surface area contributed by atoms with Gasteiger partial charge in [-0.25, -0.2) is 4.98 Å². The zero-order chi connectivity index (χ0) is 19.1. The van der Waals surface area contributed by atoms with Gasteiger partial charge in [-0.05, 0) is 35.7 Å². The van der Waals surface area contributed by atoms with Gasteiger partial charge in [0, 0.05) is 27.2 Å². The molecule has 142 valence electrons. The lowest BCUT2D eigenvalue weighted by Gasteiger charge is -2.24. The monoisotopic (exact) mass is 427 g/mol. The van der Waals surface area contributed by atoms with E-state index in [9.17, 15) is 9.59 Å². The molecule has 0 saturated carbocycles. The minimum atomic E-state index is -0.144. The summed E-state index contributed by atoms with van der Waals surface area (Å²) >= 11 is 4.75. The maximum atomic E-state index is 13.1. The molecule has 0 aromatic carbocycles. The Morgan fingerprint density at radius 1 is 1.18 bits per heavy atom. The summed E-state index contributed by atoms with van der Waals surface area (Å²) in [6.07, 6.45) is 3.48. The molecular weight excluding hydrogens is 410 g/mol. The fraction of sp³-hybridized carbons (Fsp3) is 0.250. The van der Waals surface area contributed by atoms with E-state index >= 15 is 0 Å². The summed E-state index contributed by atoms with van der Waals surface area (Å²) in [5, 5.41) is 6.63. The first-order valence-corrected chi connectivity index (χ1v) is 11.7. The molecule has 0 aliphatic carbocycles. The molecule has 1 saturated heterocycles. The number of carbonyl (C=O) groups is 1. The van der Waals surface area contributed by atoms with Gasteiger partial charge in [0.25, 0.3) is 5.56 Å². The molecule has 1 aliphatic rings. The molecule has 5 heterocycles. The number of rotatable bonds is 4. The SMILES string of the molecule is O=C(Cn1cnc2scc(-c3cccs3)c2c1=O)N1CCCC1c1cccs1. The highest BCUT2D eigenvalue weighted by molar-refractivity contribution is 7.18. The largest absolute Gasteiger partial charge is 0.333 e. The average Bonchev–Trinajstić information content (AvgIpc) is 3.48. The van der Waals surface area contributed by atoms with Crippen LogP contribution in [0.4, 0.5) is 0 Å². The lowest BCUT2D eigenvalue weighted by atomic mass is 10.2. The number of amides is 1. The van der Waals surface area contributed by atoms with Crippen LogP contribution in [0.15, 0.2) is 51.5 Å². The van der Waals surface area contributed by atoms with Crippen LogP contribution in [0.5, 0.6) is 0 Å². The smallest absolute Gasteiger partial charge is 0.263 e. The van der Waals surface area contributed by atoms with Crippen LogP contribution in [0.3, 0.4) is 0 Å². The quantitative estimate of drug-likeness (QED) is 0.478. The minimum absolute atomic E-state index is 0.0212. The van der Waals surface area contributed by atoms with Gasteiger partial charge in [0.15, 0.2) is 0 Å². The van der Waals surface area contributed by atoms with Gasteiger partial charge in [-0.1, -0.05) is 12.1 Å². The summed E-state index contributed by atoms with van der Waals surface area (Å²) in [4.78, 5) is 35.5. The first kappa shape index (κ1) is 17.8. The van der Waals surface area contributed by atoms with E-state index in [-0.39, 0.29) is 24.1 Å². The summed E-state index contributed by atoms with van der Waals surface area (Å²) in [6.45, 7) is 0.772. The van der Waals surface area contributed by atoms with Crippen LogP contribution in [0.1, 0.15) is 23.8 Å². The Hall–Kier alpha value is -2.29. The second-order valence-electron chi connectivity index (χ2n) is 6.75. The lowest BCUT2D eigenvalue weighted by Crippen LogP contribution is -2.36. The van der Waals surface area contributed by atoms with Gasteiger partial charge >= 0.3 is 0 Å². The third-order valence-corrected chi connectivity index (χ3v) is 7.86. The van der Waals surface area contributed by atoms with Crippen molar-refractivity contribution in [1.29, 1.82) is 0 Å². The maximum Gasteiger partial charge on any atom is 0.263 e. The van der Waals surface area contributed by atoms with Crippen LogP contribution in [0, 0.1) is 0 Å². The van der Waals surface area contributed by atoms with Crippen molar-refractivity contribution in [2.75, 3.05) is 6.54 Å². The Bertz CT molecular complexity index is 1180. The van der Waals surface area contributed by atoms with Crippen molar-refractivity contribution in [3.8, 4) is 10.4 Å². The molecular formula is C20H17N3O2S3. The van der Waals surface area contributed by atoms with Crippen molar-refractivity contribution in [3.05, 3.63) is 62.0 Å². The van der Waals surface area contributed by atoms with E-state index in [4.69, 9.17) is 0 Å². The van der Waals surface area contributed by atoms with E-state index in [1.807, 2.05) is 39.2 Å². The molecule has 4 aromatic rings. The summed E-state index contributed by atoms with van der Waals surface area (Å²) in [7, 11) is 0. The molecule has 0 spiro atoms. The summed E-state index contributed by atoms with van der Waals surface area (Å²) in [5.74, 6) is -0.0212. The number of likely N-dealkylation sites (tertiary alicyclic amines) is 1. The molecule has 28 heavy (non-hydrogen) atoms. The Morgan fingerprint density at radius 3 is 2.82 bits per heavy atom. The van der Waals surface area contributed by atoms with E-state index in [0.717, 1.165) is 34.7 Å². The number of hydrogen-bond donors (Lipinski definition) is 0. The van der Waals surface area contributed by atoms with E-state index in [2.05, 4.69) is 11.1 Å². The molecule has 1 unspecified atom stereocenters. The molecule has 0 N–H and O–H groups in total. The third kappa shape index (κ3) is 3.01. The van der Waals surface area contributed by atoms with Gasteiger partial charge < -0.3 is 4.90 Å². The Balaban J connectivity index is 1.47. The van der Waals surface area contributed by atoms with Crippen LogP contribution < -0.4 is 5.56 Å². The highest BCUT2D eigenvalue weighted by atomic mass is 32.1. The van der Waals surface area contributed by atoms with Gasteiger partial charge in [0.2, 0.25) is 5.91 Å². The Kier molecular flexibility index (Phi) is 4.62. The van der Waals surface area contributed by atoms with Gasteiger partial charge in [0.05, 0.1) is 17.8 Å². The summed E-state index contributed by atoms with van der Waals surface area (Å²) in [6, 6.07) is 8.21. The van der Waals surface area contributed by atoms with Gasteiger partial charge in [-0.15, -0.1) is 34.0 Å². The first-order valence-electron chi connectivity index (χ1n) is 9.06. The Morgan fingerprint density at radius 2 is 2.04 bits per heavy atom. The van der Waals surface area contributed by atoms with Crippen molar-refractivity contribution in [2.24, 2.45) is 0 Å². The van der Waals surface area contributed by atoms with E-state index in [1.165, 1.54) is 27.1 Å². The van der Waals surface area contributed by atoms with E-state index in [0.29, 0.717) is 5.39 Å². The fourth-order valence-corrected chi connectivity index (χ4v) is 6.37. The van der Waals surface area contributed by atoms with E-state index in [1.54, 1.807) is 22.7 Å². The topological polar surface area (TPSA) is 55.2 Å². The number of hydrogen-bond acceptors (Lipinski definition) is 6. The Labute approximate surface area is 173 Å². The average molecular weight is 428 g/mol. The standard InChI is InChI=1S/C20H17N3O2S3/c24-17(23-7-1-4-14(23)16-6-3-9-27-16)10-22-12-21-19-18(20(22)25)13(11-28-19)15-5-2-8-26-15/h2-3,5-6,8-9,11-12,14H,1,4,7,10H2. The molecule has 5 nitrogen and oxygen atoms in total. The zero-order valence-electron chi connectivity index (χ0n) is 14.9. The molecule has 1 atom stereocenters. The van der Waals surface area contributed by atoms with Crippen molar-refractivity contribution in [3.63, 3.8) is 0 Å². The van der Waals surface area contributed by atoms with Crippen molar-refractivity contribution in [1.82, 2.24) is 14.5 Å². The summed E-state index contributed by atoms with van der Waals surface area (Å²) in [5.41, 5.74) is 0.766. The normalized spacial score (nSPS) is 16.9. The fourth-order valence-electron chi connectivity index (χ4n) is 3.77. The first-order chi connectivity index (χ1) is 13.7. The summed E-state index contributed by atoms with van der Waals surface area (Å²) < 4.78 is 1.46. The predicted molar refractivity (Wildman–Crippen MR) is 115 cm³/mol. The molecule has 1 aliphatic heterocycles. The van der Waals surface area contributed by atoms with Crippen molar-refractivity contribution >= 4 is 50.1 Å². The molecule has 8 heteroatoms. The lowest BCUT2D eigenvalue weighted by molar-refractivity contribution is -0.132. The molecule has 4 aromatic heterocycles. The number of thiophene rings is 3. The zero-order valence-corrected chi connectivity index (χ0v) is 17.4. The van der Waals surface area contributed by atoms with Crippen molar-refractivity contribution < 1.29 is 4.79 Å². The molecule has 0 radical (unpaired) electrons. The third-order valence-electron chi connectivity index (χ3n) is 5.10. The van der Waals surface area contributed by atoms with E-state index < -0.39 is 0 Å². The van der Waals surface area contributed by atoms with Crippen LogP contribution in [0.25, 0.3) is 20.7 Å². The molecule has 1 amide bonds. The van der Waals surface area contributed by atoms with Gasteiger partial charge in [-0.3, -0.25) is 14.2 Å². The predicted octanol–water partition coefficient (Wildman–Crippen LogP) is 4.61. The second-order valence-corrected chi connectivity index (χ2v) is 9.53. The number of fused-ring (bicyclic) bond motifs is 1. The second kappa shape index (κ2) is 7.27. The number of nitrogens with zero attached hydrogens (tertiary/aromatic N) is 3. The number of aromatic nitrogens is 2. The van der Waals surface area contributed by atoms with Gasteiger partial charge in [-0.2, -0.15) is 0 Å². The molecule has 0 bridgehead atoms. The highest BCUT2D eigenvalue weighted by Crippen LogP contribution is 2.35. The van der Waals surface area contributed by atoms with Crippen LogP contribution in [0.2, 0.25) is 0 Å². The minimum Gasteiger partial charge on any atom is -0.333 e. The maximum absolute atomic E-state index is 13.1. The molecule has 1 fully saturated rings. The van der Waals surface area contributed by atoms with Crippen LogP contribution in [-0.2, 0) is 11.3 Å². The van der Waals surface area contributed by atoms with Crippen LogP contribution in [-0.4, -0.2) is 26.9 Å². The van der Waals surface area contributed by atoms with Crippen LogP contribution >= 0.6 is 34.0 Å². The number of carbonyl (C=O) groups excluding carboxylic acids is 1. The van der Waals surface area contributed by atoms with Gasteiger partial charge in [0.1, 0.15) is 11.4 Å². The van der Waals surface area contributed by atoms with Crippen molar-refractivity contribution in [2.45, 2.75) is 25.4 Å². The molecule has 5 rings (SSSR count). The highest BCUT2D eigenvalue weighted by Gasteiger charge is 2.30.